The normalized spacial score (nSPS) is 15.9. The van der Waals surface area contributed by atoms with Gasteiger partial charge in [-0.3, -0.25) is 10.1 Å². The Morgan fingerprint density at radius 2 is 1.94 bits per heavy atom. The van der Waals surface area contributed by atoms with E-state index >= 15 is 0 Å². The molecular formula is C7H7N3O5S. The fraction of sp³-hybridized carbons (Fsp3) is 0. The Morgan fingerprint density at radius 3 is 2.50 bits per heavy atom. The summed E-state index contributed by atoms with van der Waals surface area (Å²) in [4.78, 5) is 9.39. The largest absolute Gasteiger partial charge is 0.858 e. The van der Waals surface area contributed by atoms with Crippen molar-refractivity contribution in [3.05, 3.63) is 33.9 Å². The number of hydrogen-bond acceptors (Lipinski definition) is 5. The minimum Gasteiger partial charge on any atom is -0.858 e. The van der Waals surface area contributed by atoms with Gasteiger partial charge in [-0.25, -0.2) is 0 Å². The van der Waals surface area contributed by atoms with Crippen LogP contribution in [0.25, 0.3) is 0 Å². The number of non-ortho nitro benzene ring substituents is 1. The summed E-state index contributed by atoms with van der Waals surface area (Å²) in [6.07, 6.45) is 0. The van der Waals surface area contributed by atoms with Gasteiger partial charge in [-0.2, -0.15) is 12.8 Å². The van der Waals surface area contributed by atoms with Crippen molar-refractivity contribution in [2.24, 2.45) is 4.40 Å². The summed E-state index contributed by atoms with van der Waals surface area (Å²) in [7, 11) is -3.94. The SMILES string of the molecule is O=[N+]([O-])c1ccc2c(c1)C([O-])=NS2(=O)=O.[NH4+]. The third-order valence-electron chi connectivity index (χ3n) is 1.89. The van der Waals surface area contributed by atoms with Gasteiger partial charge in [0.1, 0.15) is 0 Å². The summed E-state index contributed by atoms with van der Waals surface area (Å²) in [5.41, 5.74) is -0.585. The first-order chi connectivity index (χ1) is 6.92. The van der Waals surface area contributed by atoms with Crippen molar-refractivity contribution in [2.75, 3.05) is 0 Å². The number of nitro groups is 1. The molecule has 0 fully saturated rings. The molecule has 0 bridgehead atoms. The zero-order valence-corrected chi connectivity index (χ0v) is 8.89. The van der Waals surface area contributed by atoms with Crippen LogP contribution in [0.1, 0.15) is 5.56 Å². The maximum absolute atomic E-state index is 11.2. The van der Waals surface area contributed by atoms with Crippen molar-refractivity contribution < 1.29 is 18.4 Å². The van der Waals surface area contributed by atoms with Crippen molar-refractivity contribution in [3.63, 3.8) is 0 Å². The zero-order chi connectivity index (χ0) is 11.2. The molecule has 1 aromatic rings. The predicted molar refractivity (Wildman–Crippen MR) is 52.8 cm³/mol. The van der Waals surface area contributed by atoms with Gasteiger partial charge < -0.3 is 11.3 Å². The van der Waals surface area contributed by atoms with Crippen LogP contribution in [0.15, 0.2) is 27.5 Å². The lowest BCUT2D eigenvalue weighted by atomic mass is 10.2. The van der Waals surface area contributed by atoms with Gasteiger partial charge in [-0.05, 0) is 6.07 Å². The minimum absolute atomic E-state index is 0. The number of hydrogen-bond donors (Lipinski definition) is 1. The lowest BCUT2D eigenvalue weighted by Gasteiger charge is -2.03. The average Bonchev–Trinajstić information content (AvgIpc) is 2.37. The first-order valence-electron chi connectivity index (χ1n) is 3.72. The predicted octanol–water partition coefficient (Wildman–Crippen LogP) is -0.220. The lowest BCUT2D eigenvalue weighted by molar-refractivity contribution is -0.385. The van der Waals surface area contributed by atoms with E-state index in [-0.39, 0.29) is 22.3 Å². The molecule has 9 heteroatoms. The van der Waals surface area contributed by atoms with Gasteiger partial charge in [-0.15, -0.1) is 0 Å². The molecule has 0 amide bonds. The van der Waals surface area contributed by atoms with E-state index in [9.17, 15) is 23.6 Å². The molecule has 86 valence electrons. The van der Waals surface area contributed by atoms with Crippen LogP contribution < -0.4 is 11.3 Å². The molecule has 0 saturated carbocycles. The highest BCUT2D eigenvalue weighted by Gasteiger charge is 2.26. The monoisotopic (exact) mass is 245 g/mol. The van der Waals surface area contributed by atoms with Crippen molar-refractivity contribution >= 4 is 21.6 Å². The van der Waals surface area contributed by atoms with Crippen LogP contribution in [0.5, 0.6) is 0 Å². The Morgan fingerprint density at radius 1 is 1.31 bits per heavy atom. The summed E-state index contributed by atoms with van der Waals surface area (Å²) in [6.45, 7) is 0. The fourth-order valence-corrected chi connectivity index (χ4v) is 2.31. The van der Waals surface area contributed by atoms with E-state index in [1.165, 1.54) is 0 Å². The molecule has 8 nitrogen and oxygen atoms in total. The van der Waals surface area contributed by atoms with Crippen molar-refractivity contribution in [1.29, 1.82) is 0 Å². The molecule has 1 heterocycles. The van der Waals surface area contributed by atoms with Gasteiger partial charge in [0.25, 0.3) is 15.7 Å². The van der Waals surface area contributed by atoms with E-state index < -0.39 is 20.8 Å². The number of fused-ring (bicyclic) bond motifs is 1. The molecule has 16 heavy (non-hydrogen) atoms. The molecule has 0 aliphatic carbocycles. The molecule has 1 aliphatic heterocycles. The van der Waals surface area contributed by atoms with E-state index in [0.717, 1.165) is 18.2 Å². The highest BCUT2D eigenvalue weighted by Crippen LogP contribution is 2.27. The van der Waals surface area contributed by atoms with Crippen molar-refractivity contribution in [2.45, 2.75) is 4.90 Å². The molecule has 1 aliphatic rings. The first kappa shape index (κ1) is 12.1. The van der Waals surface area contributed by atoms with Gasteiger partial charge in [-0.1, -0.05) is 0 Å². The van der Waals surface area contributed by atoms with E-state index in [1.807, 2.05) is 0 Å². The zero-order valence-electron chi connectivity index (χ0n) is 8.08. The van der Waals surface area contributed by atoms with Gasteiger partial charge in [0.15, 0.2) is 0 Å². The van der Waals surface area contributed by atoms with Gasteiger partial charge in [0, 0.05) is 23.6 Å². The van der Waals surface area contributed by atoms with Crippen LogP contribution in [0.3, 0.4) is 0 Å². The molecule has 0 unspecified atom stereocenters. The summed E-state index contributed by atoms with van der Waals surface area (Å²) >= 11 is 0. The van der Waals surface area contributed by atoms with Gasteiger partial charge in [0.2, 0.25) is 0 Å². The second kappa shape index (κ2) is 3.54. The molecule has 4 N–H and O–H groups in total. The van der Waals surface area contributed by atoms with Crippen LogP contribution in [0.4, 0.5) is 5.69 Å². The Hall–Kier alpha value is -2.00. The number of nitrogens with zero attached hydrogens (tertiary/aromatic N) is 2. The first-order valence-corrected chi connectivity index (χ1v) is 5.16. The summed E-state index contributed by atoms with van der Waals surface area (Å²) in [6, 6.07) is 2.94. The van der Waals surface area contributed by atoms with Crippen LogP contribution >= 0.6 is 0 Å². The molecule has 0 saturated heterocycles. The van der Waals surface area contributed by atoms with Crippen LogP contribution in [0.2, 0.25) is 0 Å². The summed E-state index contributed by atoms with van der Waals surface area (Å²) in [5.74, 6) is -0.964. The molecule has 2 rings (SSSR count). The lowest BCUT2D eigenvalue weighted by Crippen LogP contribution is -2.16. The Kier molecular flexibility index (Phi) is 2.67. The van der Waals surface area contributed by atoms with Crippen molar-refractivity contribution in [1.82, 2.24) is 6.15 Å². The second-order valence-corrected chi connectivity index (χ2v) is 4.38. The summed E-state index contributed by atoms with van der Waals surface area (Å²) < 4.78 is 25.3. The number of sulfonamides is 1. The smallest absolute Gasteiger partial charge is 0.282 e. The average molecular weight is 245 g/mol. The molecule has 0 aromatic heterocycles. The van der Waals surface area contributed by atoms with E-state index in [1.54, 1.807) is 0 Å². The van der Waals surface area contributed by atoms with Gasteiger partial charge >= 0.3 is 0 Å². The quantitative estimate of drug-likeness (QED) is 0.536. The van der Waals surface area contributed by atoms with Crippen molar-refractivity contribution in [3.8, 4) is 0 Å². The van der Waals surface area contributed by atoms with Crippen LogP contribution in [-0.2, 0) is 10.0 Å². The molecule has 0 atom stereocenters. The van der Waals surface area contributed by atoms with Crippen LogP contribution in [-0.4, -0.2) is 19.2 Å². The topological polar surface area (TPSA) is 149 Å². The maximum Gasteiger partial charge on any atom is 0.282 e. The Bertz CT molecular complexity index is 592. The highest BCUT2D eigenvalue weighted by molar-refractivity contribution is 7.90. The maximum atomic E-state index is 11.2. The number of quaternary nitrogens is 1. The molecule has 0 radical (unpaired) electrons. The number of rotatable bonds is 1. The molecule has 0 spiro atoms. The van der Waals surface area contributed by atoms with Gasteiger partial charge in [0.05, 0.1) is 9.82 Å². The standard InChI is InChI=1S/C7H4N2O5S.H3N/c10-7-5-3-4(9(11)12)1-2-6(5)15(13,14)8-7;/h1-3H,(H,8,10);1H3. The Balaban J connectivity index is 0.00000128. The minimum atomic E-state index is -3.94. The fourth-order valence-electron chi connectivity index (χ4n) is 1.23. The summed E-state index contributed by atoms with van der Waals surface area (Å²) in [5, 5.41) is 21.5. The van der Waals surface area contributed by atoms with Crippen LogP contribution in [0, 0.1) is 10.1 Å². The van der Waals surface area contributed by atoms with E-state index in [4.69, 9.17) is 0 Å². The Labute approximate surface area is 90.0 Å². The second-order valence-electron chi connectivity index (χ2n) is 2.81. The molecular weight excluding hydrogens is 238 g/mol. The van der Waals surface area contributed by atoms with E-state index in [0.29, 0.717) is 0 Å². The third kappa shape index (κ3) is 1.61. The highest BCUT2D eigenvalue weighted by atomic mass is 32.2. The molecule has 1 aromatic carbocycles. The number of nitro benzene ring substituents is 1. The number of benzene rings is 1. The van der Waals surface area contributed by atoms with E-state index in [2.05, 4.69) is 4.40 Å². The third-order valence-corrected chi connectivity index (χ3v) is 3.20.